The Hall–Kier alpha value is -1.33. The molecule has 0 radical (unpaired) electrons. The molecule has 0 saturated carbocycles. The lowest BCUT2D eigenvalue weighted by molar-refractivity contribution is 0.102. The van der Waals surface area contributed by atoms with Crippen molar-refractivity contribution in [2.45, 2.75) is 33.7 Å². The number of hydrogen-bond acceptors (Lipinski definition) is 2. The lowest BCUT2D eigenvalue weighted by Gasteiger charge is -2.09. The molecule has 2 aromatic rings. The van der Waals surface area contributed by atoms with Gasteiger partial charge in [0.1, 0.15) is 0 Å². The van der Waals surface area contributed by atoms with E-state index in [1.165, 1.54) is 0 Å². The molecule has 0 unspecified atom stereocenters. The van der Waals surface area contributed by atoms with E-state index in [2.05, 4.69) is 40.2 Å². The summed E-state index contributed by atoms with van der Waals surface area (Å²) in [4.78, 5) is 12.3. The Kier molecular flexibility index (Phi) is 4.74. The average Bonchev–Trinajstić information content (AvgIpc) is 2.70. The fourth-order valence-corrected chi connectivity index (χ4v) is 2.67. The van der Waals surface area contributed by atoms with Gasteiger partial charge in [0.25, 0.3) is 5.91 Å². The number of carbonyl (C=O) groups is 1. The Bertz CT molecular complexity index is 694. The minimum Gasteiger partial charge on any atom is -0.319 e. The van der Waals surface area contributed by atoms with Gasteiger partial charge in [-0.3, -0.25) is 9.48 Å². The molecule has 0 atom stereocenters. The van der Waals surface area contributed by atoms with Crippen molar-refractivity contribution in [3.63, 3.8) is 0 Å². The summed E-state index contributed by atoms with van der Waals surface area (Å²) in [5.74, 6) is -0.179. The normalized spacial score (nSPS) is 11.0. The fraction of sp³-hybridized carbons (Fsp3) is 0.333. The van der Waals surface area contributed by atoms with Crippen LogP contribution >= 0.6 is 27.5 Å². The molecule has 1 amide bonds. The van der Waals surface area contributed by atoms with Gasteiger partial charge < -0.3 is 5.32 Å². The zero-order chi connectivity index (χ0) is 15.7. The van der Waals surface area contributed by atoms with Gasteiger partial charge in [0.05, 0.1) is 22.1 Å². The van der Waals surface area contributed by atoms with Crippen molar-refractivity contribution in [2.24, 2.45) is 0 Å². The monoisotopic (exact) mass is 369 g/mol. The summed E-state index contributed by atoms with van der Waals surface area (Å²) in [7, 11) is 0. The molecule has 1 aromatic carbocycles. The molecule has 0 bridgehead atoms. The first-order chi connectivity index (χ1) is 9.81. The minimum absolute atomic E-state index is 0.179. The summed E-state index contributed by atoms with van der Waals surface area (Å²) in [6, 6.07) is 5.34. The van der Waals surface area contributed by atoms with E-state index in [-0.39, 0.29) is 11.9 Å². The van der Waals surface area contributed by atoms with E-state index in [0.29, 0.717) is 15.1 Å². The highest BCUT2D eigenvalue weighted by Gasteiger charge is 2.16. The first-order valence-corrected chi connectivity index (χ1v) is 7.80. The van der Waals surface area contributed by atoms with Gasteiger partial charge in [0.15, 0.2) is 0 Å². The SMILES string of the molecule is Cc1nn(C(C)C)c(C)c1NC(=O)c1ccc(Cl)c(Br)c1. The van der Waals surface area contributed by atoms with Crippen molar-refractivity contribution in [2.75, 3.05) is 5.32 Å². The Morgan fingerprint density at radius 3 is 2.57 bits per heavy atom. The third-order valence-corrected chi connectivity index (χ3v) is 4.45. The van der Waals surface area contributed by atoms with Crippen LogP contribution in [0.4, 0.5) is 5.69 Å². The first-order valence-electron chi connectivity index (χ1n) is 6.63. The van der Waals surface area contributed by atoms with E-state index in [0.717, 1.165) is 17.1 Å². The molecule has 1 aromatic heterocycles. The van der Waals surface area contributed by atoms with Crippen LogP contribution in [0.25, 0.3) is 0 Å². The number of hydrogen-bond donors (Lipinski definition) is 1. The van der Waals surface area contributed by atoms with Gasteiger partial charge >= 0.3 is 0 Å². The summed E-state index contributed by atoms with van der Waals surface area (Å²) < 4.78 is 2.60. The van der Waals surface area contributed by atoms with Gasteiger partial charge in [-0.05, 0) is 61.8 Å². The van der Waals surface area contributed by atoms with Gasteiger partial charge in [-0.1, -0.05) is 11.6 Å². The maximum Gasteiger partial charge on any atom is 0.255 e. The molecule has 0 aliphatic rings. The number of carbonyl (C=O) groups excluding carboxylic acids is 1. The van der Waals surface area contributed by atoms with Crippen molar-refractivity contribution >= 4 is 39.1 Å². The topological polar surface area (TPSA) is 46.9 Å². The van der Waals surface area contributed by atoms with E-state index in [1.54, 1.807) is 18.2 Å². The third kappa shape index (κ3) is 3.30. The molecule has 0 spiro atoms. The van der Waals surface area contributed by atoms with E-state index < -0.39 is 0 Å². The maximum atomic E-state index is 12.3. The van der Waals surface area contributed by atoms with E-state index in [1.807, 2.05) is 18.5 Å². The largest absolute Gasteiger partial charge is 0.319 e. The lowest BCUT2D eigenvalue weighted by atomic mass is 10.2. The Labute approximate surface area is 137 Å². The number of halogens is 2. The lowest BCUT2D eigenvalue weighted by Crippen LogP contribution is -2.13. The Morgan fingerprint density at radius 1 is 1.38 bits per heavy atom. The van der Waals surface area contributed by atoms with Gasteiger partial charge in [0.2, 0.25) is 0 Å². The van der Waals surface area contributed by atoms with Crippen LogP contribution in [0, 0.1) is 13.8 Å². The fourth-order valence-electron chi connectivity index (χ4n) is 2.17. The number of nitrogens with one attached hydrogen (secondary N) is 1. The number of rotatable bonds is 3. The summed E-state index contributed by atoms with van der Waals surface area (Å²) >= 11 is 9.27. The van der Waals surface area contributed by atoms with Gasteiger partial charge in [-0.15, -0.1) is 0 Å². The predicted molar refractivity (Wildman–Crippen MR) is 89.2 cm³/mol. The van der Waals surface area contributed by atoms with Gasteiger partial charge in [-0.25, -0.2) is 0 Å². The standard InChI is InChI=1S/C15H17BrClN3O/c1-8(2)20-10(4)14(9(3)19-20)18-15(21)11-5-6-13(17)12(16)7-11/h5-8H,1-4H3,(H,18,21). The number of nitrogens with zero attached hydrogens (tertiary/aromatic N) is 2. The van der Waals surface area contributed by atoms with E-state index >= 15 is 0 Å². The third-order valence-electron chi connectivity index (χ3n) is 3.23. The van der Waals surface area contributed by atoms with E-state index in [4.69, 9.17) is 11.6 Å². The molecule has 2 rings (SSSR count). The van der Waals surface area contributed by atoms with Crippen molar-refractivity contribution in [3.05, 3.63) is 44.6 Å². The molecule has 21 heavy (non-hydrogen) atoms. The number of amides is 1. The zero-order valence-corrected chi connectivity index (χ0v) is 14.7. The first kappa shape index (κ1) is 16.0. The number of anilines is 1. The highest BCUT2D eigenvalue weighted by Crippen LogP contribution is 2.26. The molecule has 0 saturated heterocycles. The smallest absolute Gasteiger partial charge is 0.255 e. The van der Waals surface area contributed by atoms with Crippen molar-refractivity contribution in [1.29, 1.82) is 0 Å². The maximum absolute atomic E-state index is 12.3. The van der Waals surface area contributed by atoms with Crippen molar-refractivity contribution in [1.82, 2.24) is 9.78 Å². The number of benzene rings is 1. The summed E-state index contributed by atoms with van der Waals surface area (Å²) in [5, 5.41) is 7.97. The van der Waals surface area contributed by atoms with Crippen molar-refractivity contribution in [3.8, 4) is 0 Å². The molecular formula is C15H17BrClN3O. The van der Waals surface area contributed by atoms with Crippen LogP contribution in [-0.4, -0.2) is 15.7 Å². The minimum atomic E-state index is -0.179. The highest BCUT2D eigenvalue weighted by molar-refractivity contribution is 9.10. The molecule has 0 fully saturated rings. The summed E-state index contributed by atoms with van der Waals surface area (Å²) in [6.07, 6.45) is 0. The average molecular weight is 371 g/mol. The van der Waals surface area contributed by atoms with Gasteiger partial charge in [0, 0.05) is 16.1 Å². The molecule has 0 aliphatic carbocycles. The molecule has 1 heterocycles. The van der Waals surface area contributed by atoms with Crippen molar-refractivity contribution < 1.29 is 4.79 Å². The quantitative estimate of drug-likeness (QED) is 0.847. The van der Waals surface area contributed by atoms with Crippen LogP contribution in [-0.2, 0) is 0 Å². The molecule has 112 valence electrons. The van der Waals surface area contributed by atoms with Crippen LogP contribution in [0.3, 0.4) is 0 Å². The molecule has 1 N–H and O–H groups in total. The molecule has 6 heteroatoms. The van der Waals surface area contributed by atoms with Crippen LogP contribution in [0.5, 0.6) is 0 Å². The second-order valence-corrected chi connectivity index (χ2v) is 6.43. The summed E-state index contributed by atoms with van der Waals surface area (Å²) in [5.41, 5.74) is 3.06. The van der Waals surface area contributed by atoms with Crippen LogP contribution in [0.1, 0.15) is 41.6 Å². The number of aromatic nitrogens is 2. The Morgan fingerprint density at radius 2 is 2.05 bits per heavy atom. The Balaban J connectivity index is 2.29. The van der Waals surface area contributed by atoms with Crippen LogP contribution in [0.2, 0.25) is 5.02 Å². The molecule has 4 nitrogen and oxygen atoms in total. The molecular weight excluding hydrogens is 354 g/mol. The van der Waals surface area contributed by atoms with Crippen LogP contribution in [0.15, 0.2) is 22.7 Å². The zero-order valence-electron chi connectivity index (χ0n) is 12.4. The van der Waals surface area contributed by atoms with Crippen LogP contribution < -0.4 is 5.32 Å². The number of aryl methyl sites for hydroxylation is 1. The van der Waals surface area contributed by atoms with Gasteiger partial charge in [-0.2, -0.15) is 5.10 Å². The second-order valence-electron chi connectivity index (χ2n) is 5.17. The summed E-state index contributed by atoms with van der Waals surface area (Å²) in [6.45, 7) is 7.95. The van der Waals surface area contributed by atoms with E-state index in [9.17, 15) is 4.79 Å². The molecule has 0 aliphatic heterocycles. The highest BCUT2D eigenvalue weighted by atomic mass is 79.9. The second kappa shape index (κ2) is 6.20. The predicted octanol–water partition coefficient (Wildman–Crippen LogP) is 4.75.